The van der Waals surface area contributed by atoms with Gasteiger partial charge in [-0.1, -0.05) is 66.7 Å². The first-order valence-corrected chi connectivity index (χ1v) is 10.7. The fraction of sp³-hybridized carbons (Fsp3) is 0. The monoisotopic (exact) mass is 429 g/mol. The van der Waals surface area contributed by atoms with Gasteiger partial charge in [0.05, 0.1) is 5.56 Å². The molecule has 0 saturated carbocycles. The molecule has 4 nitrogen and oxygen atoms in total. The lowest BCUT2D eigenvalue weighted by atomic mass is 10.1. The minimum absolute atomic E-state index is 0.602. The standard InChI is InChI=1S/C29H19NO3/c1-3-10-21(11-4-1)31-23-17-27(32-22-12-5-2-6-13-22)25-19-30-29-24-14-8-7-9-20(24)15-16-26(29)33-28(25)18-23/h1-19H. The molecule has 1 aliphatic heterocycles. The van der Waals surface area contributed by atoms with Crippen molar-refractivity contribution >= 4 is 22.7 Å². The Hall–Kier alpha value is -4.57. The molecule has 158 valence electrons. The van der Waals surface area contributed by atoms with Gasteiger partial charge in [-0.2, -0.15) is 0 Å². The molecule has 0 radical (unpaired) electrons. The maximum absolute atomic E-state index is 6.38. The zero-order chi connectivity index (χ0) is 22.0. The van der Waals surface area contributed by atoms with Crippen LogP contribution < -0.4 is 14.2 Å². The molecular weight excluding hydrogens is 410 g/mol. The summed E-state index contributed by atoms with van der Waals surface area (Å²) in [7, 11) is 0. The highest BCUT2D eigenvalue weighted by Crippen LogP contribution is 2.45. The van der Waals surface area contributed by atoms with Crippen LogP contribution in [0.5, 0.6) is 34.5 Å². The van der Waals surface area contributed by atoms with Gasteiger partial charge in [0.1, 0.15) is 34.4 Å². The van der Waals surface area contributed by atoms with E-state index >= 15 is 0 Å². The number of aliphatic imine (C=N–C) groups is 1. The highest BCUT2D eigenvalue weighted by molar-refractivity contribution is 6.00. The second-order valence-electron chi connectivity index (χ2n) is 7.66. The van der Waals surface area contributed by atoms with E-state index < -0.39 is 0 Å². The van der Waals surface area contributed by atoms with Crippen LogP contribution in [0.2, 0.25) is 0 Å². The summed E-state index contributed by atoms with van der Waals surface area (Å²) in [5.74, 6) is 3.97. The van der Waals surface area contributed by atoms with Gasteiger partial charge in [-0.05, 0) is 35.7 Å². The van der Waals surface area contributed by atoms with Gasteiger partial charge < -0.3 is 14.2 Å². The Balaban J connectivity index is 1.48. The largest absolute Gasteiger partial charge is 0.457 e. The van der Waals surface area contributed by atoms with E-state index in [1.165, 1.54) is 0 Å². The summed E-state index contributed by atoms with van der Waals surface area (Å²) in [6, 6.07) is 35.2. The Morgan fingerprint density at radius 1 is 0.576 bits per heavy atom. The fourth-order valence-corrected chi connectivity index (χ4v) is 3.87. The van der Waals surface area contributed by atoms with Gasteiger partial charge in [0.15, 0.2) is 5.75 Å². The van der Waals surface area contributed by atoms with Crippen molar-refractivity contribution in [3.05, 3.63) is 115 Å². The van der Waals surface area contributed by atoms with Crippen molar-refractivity contribution in [1.29, 1.82) is 0 Å². The van der Waals surface area contributed by atoms with Crippen LogP contribution in [0.15, 0.2) is 114 Å². The molecule has 1 aliphatic rings. The Morgan fingerprint density at radius 2 is 1.27 bits per heavy atom. The van der Waals surface area contributed by atoms with Gasteiger partial charge in [-0.3, -0.25) is 4.99 Å². The zero-order valence-corrected chi connectivity index (χ0v) is 17.6. The molecule has 1 heterocycles. The van der Waals surface area contributed by atoms with Crippen molar-refractivity contribution in [3.63, 3.8) is 0 Å². The van der Waals surface area contributed by atoms with E-state index in [0.29, 0.717) is 23.0 Å². The zero-order valence-electron chi connectivity index (χ0n) is 17.6. The van der Waals surface area contributed by atoms with Crippen molar-refractivity contribution in [2.75, 3.05) is 0 Å². The van der Waals surface area contributed by atoms with Gasteiger partial charge in [-0.25, -0.2) is 0 Å². The molecule has 0 bridgehead atoms. The number of rotatable bonds is 4. The second-order valence-corrected chi connectivity index (χ2v) is 7.66. The van der Waals surface area contributed by atoms with Gasteiger partial charge in [0.2, 0.25) is 0 Å². The molecule has 0 saturated heterocycles. The van der Waals surface area contributed by atoms with Crippen LogP contribution in [0.1, 0.15) is 5.56 Å². The molecule has 0 atom stereocenters. The maximum Gasteiger partial charge on any atom is 0.153 e. The number of nitrogens with zero attached hydrogens (tertiary/aromatic N) is 1. The lowest BCUT2D eigenvalue weighted by molar-refractivity contribution is 0.440. The molecule has 0 aliphatic carbocycles. The van der Waals surface area contributed by atoms with Crippen molar-refractivity contribution < 1.29 is 14.2 Å². The van der Waals surface area contributed by atoms with Gasteiger partial charge in [0.25, 0.3) is 0 Å². The third-order valence-electron chi connectivity index (χ3n) is 5.43. The number of hydrogen-bond acceptors (Lipinski definition) is 4. The van der Waals surface area contributed by atoms with E-state index in [9.17, 15) is 0 Å². The van der Waals surface area contributed by atoms with E-state index in [4.69, 9.17) is 19.2 Å². The number of fused-ring (bicyclic) bond motifs is 4. The summed E-state index contributed by atoms with van der Waals surface area (Å²) in [5, 5.41) is 2.14. The van der Waals surface area contributed by atoms with Gasteiger partial charge >= 0.3 is 0 Å². The topological polar surface area (TPSA) is 40.0 Å². The first-order chi connectivity index (χ1) is 16.3. The van der Waals surface area contributed by atoms with E-state index in [0.717, 1.165) is 33.5 Å². The van der Waals surface area contributed by atoms with Crippen molar-refractivity contribution in [2.24, 2.45) is 4.99 Å². The van der Waals surface area contributed by atoms with Gasteiger partial charge in [0, 0.05) is 23.7 Å². The van der Waals surface area contributed by atoms with Crippen molar-refractivity contribution in [1.82, 2.24) is 0 Å². The molecular formula is C29H19NO3. The van der Waals surface area contributed by atoms with Crippen LogP contribution in [0.4, 0.5) is 5.69 Å². The quantitative estimate of drug-likeness (QED) is 0.283. The van der Waals surface area contributed by atoms with Crippen LogP contribution in [0, 0.1) is 0 Å². The summed E-state index contributed by atoms with van der Waals surface area (Å²) in [5.41, 5.74) is 1.54. The van der Waals surface area contributed by atoms with Gasteiger partial charge in [-0.15, -0.1) is 0 Å². The number of hydrogen-bond donors (Lipinski definition) is 0. The summed E-state index contributed by atoms with van der Waals surface area (Å²) >= 11 is 0. The van der Waals surface area contributed by atoms with Crippen LogP contribution in [-0.4, -0.2) is 6.21 Å². The van der Waals surface area contributed by atoms with E-state index in [1.54, 1.807) is 6.21 Å². The lowest BCUT2D eigenvalue weighted by Crippen LogP contribution is -1.96. The predicted octanol–water partition coefficient (Wildman–Crippen LogP) is 8.28. The van der Waals surface area contributed by atoms with E-state index in [-0.39, 0.29) is 0 Å². The highest BCUT2D eigenvalue weighted by atomic mass is 16.5. The summed E-state index contributed by atoms with van der Waals surface area (Å²) in [6.07, 6.45) is 1.80. The van der Waals surface area contributed by atoms with E-state index in [2.05, 4.69) is 12.1 Å². The van der Waals surface area contributed by atoms with Crippen molar-refractivity contribution in [3.8, 4) is 34.5 Å². The second kappa shape index (κ2) is 8.17. The van der Waals surface area contributed by atoms with E-state index in [1.807, 2.05) is 97.1 Å². The first-order valence-electron chi connectivity index (χ1n) is 10.7. The summed E-state index contributed by atoms with van der Waals surface area (Å²) in [6.45, 7) is 0. The normalized spacial score (nSPS) is 11.8. The smallest absolute Gasteiger partial charge is 0.153 e. The molecule has 0 aromatic heterocycles. The number of ether oxygens (including phenoxy) is 3. The highest BCUT2D eigenvalue weighted by Gasteiger charge is 2.20. The average molecular weight is 429 g/mol. The average Bonchev–Trinajstić information content (AvgIpc) is 3.05. The van der Waals surface area contributed by atoms with Crippen LogP contribution in [0.25, 0.3) is 10.8 Å². The fourth-order valence-electron chi connectivity index (χ4n) is 3.87. The number of para-hydroxylation sites is 2. The Labute approximate surface area is 191 Å². The third-order valence-corrected chi connectivity index (χ3v) is 5.43. The van der Waals surface area contributed by atoms with Crippen LogP contribution in [0.3, 0.4) is 0 Å². The Bertz CT molecular complexity index is 1480. The van der Waals surface area contributed by atoms with Crippen LogP contribution >= 0.6 is 0 Å². The minimum atomic E-state index is 0.602. The molecule has 0 amide bonds. The van der Waals surface area contributed by atoms with Crippen molar-refractivity contribution in [2.45, 2.75) is 0 Å². The predicted molar refractivity (Wildman–Crippen MR) is 131 cm³/mol. The first kappa shape index (κ1) is 19.1. The molecule has 0 N–H and O–H groups in total. The molecule has 4 heteroatoms. The number of benzene rings is 5. The third kappa shape index (κ3) is 3.79. The molecule has 33 heavy (non-hydrogen) atoms. The molecule has 0 spiro atoms. The molecule has 0 unspecified atom stereocenters. The van der Waals surface area contributed by atoms with Crippen LogP contribution in [-0.2, 0) is 0 Å². The Morgan fingerprint density at radius 3 is 2.06 bits per heavy atom. The SMILES string of the molecule is C1=Nc2c(ccc3ccccc23)Oc2cc(Oc3ccccc3)cc(Oc3ccccc3)c21. The lowest BCUT2D eigenvalue weighted by Gasteiger charge is -2.15. The molecule has 5 aromatic rings. The Kier molecular flexibility index (Phi) is 4.74. The minimum Gasteiger partial charge on any atom is -0.457 e. The molecule has 6 rings (SSSR count). The maximum atomic E-state index is 6.38. The summed E-state index contributed by atoms with van der Waals surface area (Å²) in [4.78, 5) is 4.80. The summed E-state index contributed by atoms with van der Waals surface area (Å²) < 4.78 is 18.7. The molecule has 5 aromatic carbocycles. The molecule has 0 fully saturated rings.